The second-order valence-corrected chi connectivity index (χ2v) is 4.16. The minimum absolute atomic E-state index is 0.207. The quantitative estimate of drug-likeness (QED) is 0.613. The van der Waals surface area contributed by atoms with Crippen molar-refractivity contribution in [2.75, 3.05) is 6.61 Å². The van der Waals surface area contributed by atoms with E-state index in [0.29, 0.717) is 6.42 Å². The third-order valence-electron chi connectivity index (χ3n) is 0.953. The van der Waals surface area contributed by atoms with Gasteiger partial charge in [-0.25, -0.2) is 0 Å². The molecular formula is C5H13O4P. The van der Waals surface area contributed by atoms with E-state index in [9.17, 15) is 4.57 Å². The molecular weight excluding hydrogens is 155 g/mol. The summed E-state index contributed by atoms with van der Waals surface area (Å²) in [5.41, 5.74) is 0. The summed E-state index contributed by atoms with van der Waals surface area (Å²) in [5.74, 6) is -1.29. The normalized spacial score (nSPS) is 20.0. The lowest BCUT2D eigenvalue weighted by Crippen LogP contribution is -2.04. The predicted molar refractivity (Wildman–Crippen MR) is 37.7 cm³/mol. The van der Waals surface area contributed by atoms with Crippen molar-refractivity contribution in [2.45, 2.75) is 26.1 Å². The van der Waals surface area contributed by atoms with Gasteiger partial charge in [0, 0.05) is 0 Å². The van der Waals surface area contributed by atoms with Gasteiger partial charge in [0.25, 0.3) is 0 Å². The number of rotatable bonds is 4. The molecule has 10 heavy (non-hydrogen) atoms. The molecule has 0 saturated heterocycles. The molecule has 0 aliphatic rings. The topological polar surface area (TPSA) is 66.8 Å². The number of aliphatic hydroxyl groups excluding tert-OH is 1. The number of hydrogen-bond donors (Lipinski definition) is 2. The van der Waals surface area contributed by atoms with E-state index >= 15 is 0 Å². The van der Waals surface area contributed by atoms with Crippen molar-refractivity contribution >= 4 is 7.60 Å². The van der Waals surface area contributed by atoms with Crippen LogP contribution in [-0.2, 0) is 9.09 Å². The van der Waals surface area contributed by atoms with Crippen molar-refractivity contribution in [2.24, 2.45) is 0 Å². The summed E-state index contributed by atoms with van der Waals surface area (Å²) in [7, 11) is -3.73. The van der Waals surface area contributed by atoms with E-state index in [-0.39, 0.29) is 6.61 Å². The van der Waals surface area contributed by atoms with Crippen molar-refractivity contribution < 1.29 is 19.1 Å². The molecule has 0 aliphatic heterocycles. The molecule has 2 unspecified atom stereocenters. The van der Waals surface area contributed by atoms with Gasteiger partial charge in [-0.05, 0) is 13.3 Å². The van der Waals surface area contributed by atoms with Crippen LogP contribution >= 0.6 is 7.60 Å². The van der Waals surface area contributed by atoms with Gasteiger partial charge in [-0.3, -0.25) is 4.57 Å². The summed E-state index contributed by atoms with van der Waals surface area (Å²) in [6, 6.07) is 0. The van der Waals surface area contributed by atoms with Crippen LogP contribution in [-0.4, -0.2) is 22.5 Å². The Hall–Kier alpha value is 0.110. The molecule has 0 heterocycles. The number of hydrogen-bond acceptors (Lipinski definition) is 3. The van der Waals surface area contributed by atoms with Crippen molar-refractivity contribution in [1.29, 1.82) is 0 Å². The van der Waals surface area contributed by atoms with Crippen molar-refractivity contribution in [3.8, 4) is 0 Å². The molecule has 0 spiro atoms. The van der Waals surface area contributed by atoms with E-state index in [4.69, 9.17) is 10.00 Å². The summed E-state index contributed by atoms with van der Waals surface area (Å²) >= 11 is 0. The van der Waals surface area contributed by atoms with E-state index in [1.807, 2.05) is 6.92 Å². The van der Waals surface area contributed by atoms with Crippen LogP contribution in [0.2, 0.25) is 0 Å². The zero-order valence-corrected chi connectivity index (χ0v) is 7.04. The average Bonchev–Trinajstić information content (AvgIpc) is 1.84. The first kappa shape index (κ1) is 10.1. The molecule has 4 nitrogen and oxygen atoms in total. The Morgan fingerprint density at radius 1 is 1.70 bits per heavy atom. The lowest BCUT2D eigenvalue weighted by molar-refractivity contribution is 0.182. The molecule has 0 aromatic carbocycles. The van der Waals surface area contributed by atoms with Crippen molar-refractivity contribution in [3.05, 3.63) is 0 Å². The van der Waals surface area contributed by atoms with E-state index in [1.54, 1.807) is 0 Å². The average molecular weight is 168 g/mol. The van der Waals surface area contributed by atoms with Crippen LogP contribution in [0.1, 0.15) is 20.3 Å². The minimum atomic E-state index is -3.73. The van der Waals surface area contributed by atoms with Gasteiger partial charge in [0.15, 0.2) is 5.85 Å². The molecule has 0 aliphatic carbocycles. The summed E-state index contributed by atoms with van der Waals surface area (Å²) in [6.45, 7) is 3.26. The Labute approximate surface area is 60.4 Å². The van der Waals surface area contributed by atoms with Crippen LogP contribution in [0, 0.1) is 0 Å². The second kappa shape index (κ2) is 4.09. The summed E-state index contributed by atoms with van der Waals surface area (Å²) in [5, 5.41) is 8.67. The summed E-state index contributed by atoms with van der Waals surface area (Å²) < 4.78 is 15.3. The van der Waals surface area contributed by atoms with Gasteiger partial charge >= 0.3 is 7.60 Å². The Morgan fingerprint density at radius 2 is 2.20 bits per heavy atom. The summed E-state index contributed by atoms with van der Waals surface area (Å²) in [6.07, 6.45) is 0.664. The first-order valence-electron chi connectivity index (χ1n) is 3.15. The largest absolute Gasteiger partial charge is 0.381 e. The van der Waals surface area contributed by atoms with Gasteiger partial charge in [-0.15, -0.1) is 0 Å². The van der Waals surface area contributed by atoms with Gasteiger partial charge < -0.3 is 14.5 Å². The first-order chi connectivity index (χ1) is 4.50. The van der Waals surface area contributed by atoms with Gasteiger partial charge in [0.2, 0.25) is 0 Å². The third-order valence-corrected chi connectivity index (χ3v) is 2.45. The molecule has 2 atom stereocenters. The Kier molecular flexibility index (Phi) is 4.13. The molecule has 0 saturated carbocycles. The molecule has 0 rings (SSSR count). The maximum absolute atomic E-state index is 10.8. The van der Waals surface area contributed by atoms with Crippen LogP contribution in [0.25, 0.3) is 0 Å². The number of aliphatic hydroxyl groups is 1. The fourth-order valence-electron chi connectivity index (χ4n) is 0.330. The zero-order chi connectivity index (χ0) is 8.20. The zero-order valence-electron chi connectivity index (χ0n) is 6.15. The van der Waals surface area contributed by atoms with E-state index in [2.05, 4.69) is 4.52 Å². The van der Waals surface area contributed by atoms with Gasteiger partial charge in [-0.2, -0.15) is 0 Å². The highest BCUT2D eigenvalue weighted by Crippen LogP contribution is 2.45. The van der Waals surface area contributed by atoms with Crippen molar-refractivity contribution in [1.82, 2.24) is 0 Å². The highest BCUT2D eigenvalue weighted by atomic mass is 31.2. The van der Waals surface area contributed by atoms with Crippen LogP contribution in [0.4, 0.5) is 0 Å². The molecule has 0 fully saturated rings. The molecule has 5 heteroatoms. The fraction of sp³-hybridized carbons (Fsp3) is 1.00. The molecule has 0 amide bonds. The lowest BCUT2D eigenvalue weighted by atomic mass is 10.5. The fourth-order valence-corrected chi connectivity index (χ4v) is 0.990. The Bertz CT molecular complexity index is 134. The first-order valence-corrected chi connectivity index (χ1v) is 4.80. The van der Waals surface area contributed by atoms with Crippen LogP contribution < -0.4 is 0 Å². The Balaban J connectivity index is 3.76. The lowest BCUT2D eigenvalue weighted by Gasteiger charge is -2.13. The van der Waals surface area contributed by atoms with E-state index in [1.165, 1.54) is 6.92 Å². The van der Waals surface area contributed by atoms with Gasteiger partial charge in [0.1, 0.15) is 0 Å². The Morgan fingerprint density at radius 3 is 2.50 bits per heavy atom. The highest BCUT2D eigenvalue weighted by molar-refractivity contribution is 7.53. The molecule has 0 aromatic rings. The molecule has 0 bridgehead atoms. The van der Waals surface area contributed by atoms with Crippen LogP contribution in [0.15, 0.2) is 0 Å². The van der Waals surface area contributed by atoms with Gasteiger partial charge in [0.05, 0.1) is 6.61 Å². The van der Waals surface area contributed by atoms with Gasteiger partial charge in [-0.1, -0.05) is 6.92 Å². The molecule has 0 aromatic heterocycles. The third kappa shape index (κ3) is 3.32. The van der Waals surface area contributed by atoms with E-state index in [0.717, 1.165) is 0 Å². The highest BCUT2D eigenvalue weighted by Gasteiger charge is 2.25. The maximum Gasteiger partial charge on any atom is 0.356 e. The predicted octanol–water partition coefficient (Wildman–Crippen LogP) is 0.937. The minimum Gasteiger partial charge on any atom is -0.381 e. The molecule has 0 radical (unpaired) electrons. The van der Waals surface area contributed by atoms with Crippen molar-refractivity contribution in [3.63, 3.8) is 0 Å². The van der Waals surface area contributed by atoms with Crippen LogP contribution in [0.5, 0.6) is 0 Å². The molecule has 2 N–H and O–H groups in total. The van der Waals surface area contributed by atoms with E-state index < -0.39 is 13.4 Å². The molecule has 62 valence electrons. The standard InChI is InChI=1S/C5H13O4P/c1-3-4-9-10(7,8)5(2)6/h5-6H,3-4H2,1-2H3,(H,7,8). The maximum atomic E-state index is 10.8. The second-order valence-electron chi connectivity index (χ2n) is 2.03. The SMILES string of the molecule is CCCOP(=O)(O)C(C)O. The summed E-state index contributed by atoms with van der Waals surface area (Å²) in [4.78, 5) is 8.81. The van der Waals surface area contributed by atoms with Crippen LogP contribution in [0.3, 0.4) is 0 Å². The monoisotopic (exact) mass is 168 g/mol. The smallest absolute Gasteiger partial charge is 0.356 e.